The van der Waals surface area contributed by atoms with Gasteiger partial charge in [0.2, 0.25) is 11.8 Å². The van der Waals surface area contributed by atoms with Crippen molar-refractivity contribution in [2.75, 3.05) is 30.6 Å². The monoisotopic (exact) mass is 599 g/mol. The number of carbonyl (C=O) groups is 2. The largest absolute Gasteiger partial charge is 0.486 e. The Hall–Kier alpha value is -3.76. The van der Waals surface area contributed by atoms with E-state index in [1.165, 1.54) is 17.0 Å². The molecule has 0 spiro atoms. The van der Waals surface area contributed by atoms with Crippen LogP contribution in [0.3, 0.4) is 0 Å². The molecule has 0 aromatic heterocycles. The quantitative estimate of drug-likeness (QED) is 0.304. The zero-order valence-electron chi connectivity index (χ0n) is 23.1. The molecule has 218 valence electrons. The minimum Gasteiger partial charge on any atom is -0.486 e. The Labute approximate surface area is 246 Å². The predicted molar refractivity (Wildman–Crippen MR) is 158 cm³/mol. The van der Waals surface area contributed by atoms with E-state index in [0.29, 0.717) is 41.8 Å². The average molecular weight is 600 g/mol. The van der Waals surface area contributed by atoms with Crippen LogP contribution in [0.15, 0.2) is 77.7 Å². The van der Waals surface area contributed by atoms with Gasteiger partial charge < -0.3 is 19.7 Å². The zero-order valence-corrected chi connectivity index (χ0v) is 24.7. The van der Waals surface area contributed by atoms with Crippen LogP contribution in [-0.2, 0) is 26.2 Å². The van der Waals surface area contributed by atoms with Crippen LogP contribution >= 0.6 is 11.6 Å². The van der Waals surface area contributed by atoms with Crippen molar-refractivity contribution in [2.24, 2.45) is 0 Å². The molecule has 0 saturated heterocycles. The van der Waals surface area contributed by atoms with Crippen LogP contribution < -0.4 is 19.1 Å². The smallest absolute Gasteiger partial charge is 0.264 e. The summed E-state index contributed by atoms with van der Waals surface area (Å²) in [5.41, 5.74) is 0.858. The van der Waals surface area contributed by atoms with Gasteiger partial charge in [-0.15, -0.1) is 0 Å². The van der Waals surface area contributed by atoms with Crippen LogP contribution in [0.25, 0.3) is 0 Å². The second-order valence-electron chi connectivity index (χ2n) is 9.59. The molecule has 0 saturated carbocycles. The van der Waals surface area contributed by atoms with Gasteiger partial charge in [-0.1, -0.05) is 61.3 Å². The van der Waals surface area contributed by atoms with Gasteiger partial charge >= 0.3 is 0 Å². The lowest BCUT2D eigenvalue weighted by molar-refractivity contribution is -0.139. The van der Waals surface area contributed by atoms with E-state index in [9.17, 15) is 18.0 Å². The molecule has 1 atom stereocenters. The van der Waals surface area contributed by atoms with Crippen LogP contribution in [-0.4, -0.2) is 57.5 Å². The Morgan fingerprint density at radius 2 is 1.66 bits per heavy atom. The van der Waals surface area contributed by atoms with Crippen molar-refractivity contribution in [1.82, 2.24) is 10.2 Å². The van der Waals surface area contributed by atoms with Crippen molar-refractivity contribution in [2.45, 2.75) is 44.2 Å². The molecular weight excluding hydrogens is 566 g/mol. The van der Waals surface area contributed by atoms with E-state index in [1.54, 1.807) is 67.6 Å². The van der Waals surface area contributed by atoms with Gasteiger partial charge in [-0.3, -0.25) is 13.9 Å². The Morgan fingerprint density at radius 1 is 0.976 bits per heavy atom. The van der Waals surface area contributed by atoms with Gasteiger partial charge in [0.25, 0.3) is 10.0 Å². The standard InChI is InChI=1S/C30H34ClN3O6S/c1-3-4-16-32-30(36)22(2)33(20-23-10-8-9-13-26(23)31)29(35)21-34(41(37,38)25-11-6-5-7-12-25)24-14-15-27-28(19-24)40-18-17-39-27/h5-15,19,22H,3-4,16-18,20-21H2,1-2H3,(H,32,36)/t22-/m1/s1. The van der Waals surface area contributed by atoms with E-state index in [0.717, 1.165) is 17.1 Å². The maximum Gasteiger partial charge on any atom is 0.264 e. The fraction of sp³-hybridized carbons (Fsp3) is 0.333. The van der Waals surface area contributed by atoms with Gasteiger partial charge in [-0.25, -0.2) is 8.42 Å². The molecule has 1 heterocycles. The maximum atomic E-state index is 14.0. The summed E-state index contributed by atoms with van der Waals surface area (Å²) in [5, 5.41) is 3.30. The second-order valence-corrected chi connectivity index (χ2v) is 11.9. The SMILES string of the molecule is CCCCNC(=O)[C@@H](C)N(Cc1ccccc1Cl)C(=O)CN(c1ccc2c(c1)OCCO2)S(=O)(=O)c1ccccc1. The maximum absolute atomic E-state index is 14.0. The number of sulfonamides is 1. The average Bonchev–Trinajstić information content (AvgIpc) is 2.99. The number of hydrogen-bond donors (Lipinski definition) is 1. The Bertz CT molecular complexity index is 1470. The molecule has 2 amide bonds. The van der Waals surface area contributed by atoms with Crippen molar-refractivity contribution in [1.29, 1.82) is 0 Å². The summed E-state index contributed by atoms with van der Waals surface area (Å²) in [7, 11) is -4.19. The molecule has 11 heteroatoms. The highest BCUT2D eigenvalue weighted by molar-refractivity contribution is 7.92. The van der Waals surface area contributed by atoms with Crippen LogP contribution in [0.4, 0.5) is 5.69 Å². The third-order valence-electron chi connectivity index (χ3n) is 6.72. The minimum atomic E-state index is -4.19. The molecule has 9 nitrogen and oxygen atoms in total. The van der Waals surface area contributed by atoms with Crippen molar-refractivity contribution < 1.29 is 27.5 Å². The first kappa shape index (κ1) is 30.2. The topological polar surface area (TPSA) is 105 Å². The van der Waals surface area contributed by atoms with E-state index in [-0.39, 0.29) is 23.0 Å². The number of rotatable bonds is 12. The molecule has 0 aliphatic carbocycles. The number of amides is 2. The predicted octanol–water partition coefficient (Wildman–Crippen LogP) is 4.64. The fourth-order valence-electron chi connectivity index (χ4n) is 4.36. The second kappa shape index (κ2) is 13.7. The first-order valence-corrected chi connectivity index (χ1v) is 15.3. The number of anilines is 1. The Balaban J connectivity index is 1.71. The molecule has 0 bridgehead atoms. The van der Waals surface area contributed by atoms with Gasteiger partial charge in [0.15, 0.2) is 11.5 Å². The molecule has 1 aliphatic rings. The Kier molecular flexibility index (Phi) is 10.1. The van der Waals surface area contributed by atoms with E-state index in [4.69, 9.17) is 21.1 Å². The highest BCUT2D eigenvalue weighted by Crippen LogP contribution is 2.36. The summed E-state index contributed by atoms with van der Waals surface area (Å²) in [5.74, 6) is -0.0414. The van der Waals surface area contributed by atoms with E-state index in [1.807, 2.05) is 6.92 Å². The number of halogens is 1. The number of carbonyl (C=O) groups excluding carboxylic acids is 2. The molecular formula is C30H34ClN3O6S. The Morgan fingerprint density at radius 3 is 2.37 bits per heavy atom. The number of benzene rings is 3. The first-order valence-electron chi connectivity index (χ1n) is 13.5. The van der Waals surface area contributed by atoms with Crippen LogP contribution in [0.2, 0.25) is 5.02 Å². The number of fused-ring (bicyclic) bond motifs is 1. The van der Waals surface area contributed by atoms with Crippen molar-refractivity contribution in [3.8, 4) is 11.5 Å². The zero-order chi connectivity index (χ0) is 29.4. The summed E-state index contributed by atoms with van der Waals surface area (Å²) in [6.45, 7) is 4.26. The van der Waals surface area contributed by atoms with Gasteiger partial charge in [0.1, 0.15) is 25.8 Å². The van der Waals surface area contributed by atoms with E-state index in [2.05, 4.69) is 5.32 Å². The lowest BCUT2D eigenvalue weighted by atomic mass is 10.1. The number of unbranched alkanes of at least 4 members (excludes halogenated alkanes) is 1. The first-order chi connectivity index (χ1) is 19.7. The van der Waals surface area contributed by atoms with E-state index < -0.39 is 28.5 Å². The minimum absolute atomic E-state index is 0.0151. The van der Waals surface area contributed by atoms with Gasteiger partial charge in [-0.2, -0.15) is 0 Å². The van der Waals surface area contributed by atoms with Crippen LogP contribution in [0.5, 0.6) is 11.5 Å². The number of ether oxygens (including phenoxy) is 2. The summed E-state index contributed by atoms with van der Waals surface area (Å²) in [6, 6.07) is 18.7. The van der Waals surface area contributed by atoms with Crippen molar-refractivity contribution in [3.63, 3.8) is 0 Å². The number of hydrogen-bond acceptors (Lipinski definition) is 6. The highest BCUT2D eigenvalue weighted by Gasteiger charge is 2.33. The van der Waals surface area contributed by atoms with Crippen LogP contribution in [0.1, 0.15) is 32.3 Å². The summed E-state index contributed by atoms with van der Waals surface area (Å²) < 4.78 is 40.2. The molecule has 0 fully saturated rings. The molecule has 3 aromatic rings. The molecule has 1 aliphatic heterocycles. The van der Waals surface area contributed by atoms with Crippen molar-refractivity contribution in [3.05, 3.63) is 83.4 Å². The molecule has 41 heavy (non-hydrogen) atoms. The lowest BCUT2D eigenvalue weighted by Crippen LogP contribution is -2.51. The lowest BCUT2D eigenvalue weighted by Gasteiger charge is -2.32. The molecule has 0 radical (unpaired) electrons. The van der Waals surface area contributed by atoms with Crippen molar-refractivity contribution >= 4 is 39.1 Å². The summed E-state index contributed by atoms with van der Waals surface area (Å²) in [6.07, 6.45) is 1.70. The summed E-state index contributed by atoms with van der Waals surface area (Å²) in [4.78, 5) is 28.5. The van der Waals surface area contributed by atoms with Gasteiger partial charge in [0.05, 0.1) is 10.6 Å². The molecule has 0 unspecified atom stereocenters. The van der Waals surface area contributed by atoms with Gasteiger partial charge in [0, 0.05) is 24.2 Å². The number of nitrogens with zero attached hydrogens (tertiary/aromatic N) is 2. The number of nitrogens with one attached hydrogen (secondary N) is 1. The highest BCUT2D eigenvalue weighted by atomic mass is 35.5. The van der Waals surface area contributed by atoms with E-state index >= 15 is 0 Å². The molecule has 4 rings (SSSR count). The fourth-order valence-corrected chi connectivity index (χ4v) is 5.99. The van der Waals surface area contributed by atoms with Crippen LogP contribution in [0, 0.1) is 0 Å². The molecule has 3 aromatic carbocycles. The summed E-state index contributed by atoms with van der Waals surface area (Å²) >= 11 is 6.41. The normalized spacial score (nSPS) is 13.2. The third kappa shape index (κ3) is 7.31. The van der Waals surface area contributed by atoms with Gasteiger partial charge in [-0.05, 0) is 49.2 Å². The molecule has 1 N–H and O–H groups in total. The third-order valence-corrected chi connectivity index (χ3v) is 8.88.